The highest BCUT2D eigenvalue weighted by Gasteiger charge is 2.43. The van der Waals surface area contributed by atoms with Crippen molar-refractivity contribution in [2.45, 2.75) is 38.2 Å². The fraction of sp³-hybridized carbons (Fsp3) is 0.550. The first kappa shape index (κ1) is 23.0. The number of anilines is 2. The Morgan fingerprint density at radius 2 is 1.82 bits per heavy atom. The van der Waals surface area contributed by atoms with E-state index in [2.05, 4.69) is 24.7 Å². The molecule has 1 saturated heterocycles. The van der Waals surface area contributed by atoms with E-state index in [1.54, 1.807) is 0 Å². The van der Waals surface area contributed by atoms with Crippen molar-refractivity contribution in [1.82, 2.24) is 19.0 Å². The molecule has 1 N–H and O–H groups in total. The molecule has 184 valence electrons. The molecular formula is C20H20F6N6OS. The van der Waals surface area contributed by atoms with Crippen LogP contribution in [0, 0.1) is 18.8 Å². The van der Waals surface area contributed by atoms with Gasteiger partial charge in [-0.2, -0.15) is 35.7 Å². The summed E-state index contributed by atoms with van der Waals surface area (Å²) in [5.74, 6) is -0.0617. The van der Waals surface area contributed by atoms with Crippen LogP contribution in [0.2, 0.25) is 0 Å². The van der Waals surface area contributed by atoms with Crippen LogP contribution in [0.4, 0.5) is 37.3 Å². The Morgan fingerprint density at radius 3 is 2.41 bits per heavy atom. The molecule has 1 aliphatic heterocycles. The highest BCUT2D eigenvalue weighted by Crippen LogP contribution is 2.41. The Balaban J connectivity index is 1.41. The van der Waals surface area contributed by atoms with Crippen molar-refractivity contribution < 1.29 is 31.1 Å². The van der Waals surface area contributed by atoms with Crippen LogP contribution in [-0.4, -0.2) is 50.9 Å². The highest BCUT2D eigenvalue weighted by atomic mass is 32.1. The maximum absolute atomic E-state index is 13.5. The van der Waals surface area contributed by atoms with Gasteiger partial charge in [-0.3, -0.25) is 0 Å². The van der Waals surface area contributed by atoms with E-state index in [1.807, 2.05) is 13.0 Å². The third-order valence-electron chi connectivity index (χ3n) is 6.19. The minimum absolute atomic E-state index is 0.0587. The molecule has 3 aromatic heterocycles. The van der Waals surface area contributed by atoms with Gasteiger partial charge in [0.05, 0.1) is 5.69 Å². The van der Waals surface area contributed by atoms with Gasteiger partial charge in [-0.15, -0.1) is 5.10 Å². The number of pyridine rings is 1. The van der Waals surface area contributed by atoms with Crippen LogP contribution in [0.5, 0.6) is 5.75 Å². The van der Waals surface area contributed by atoms with Crippen molar-refractivity contribution in [3.05, 3.63) is 29.6 Å². The predicted molar refractivity (Wildman–Crippen MR) is 112 cm³/mol. The van der Waals surface area contributed by atoms with Gasteiger partial charge in [0, 0.05) is 19.1 Å². The van der Waals surface area contributed by atoms with Gasteiger partial charge in [-0.25, -0.2) is 4.52 Å². The summed E-state index contributed by atoms with van der Waals surface area (Å²) in [6, 6.07) is 3.44. The summed E-state index contributed by atoms with van der Waals surface area (Å²) in [6.07, 6.45) is -7.54. The van der Waals surface area contributed by atoms with E-state index in [0.29, 0.717) is 10.6 Å². The number of rotatable bonds is 5. The van der Waals surface area contributed by atoms with Crippen molar-refractivity contribution in [3.8, 4) is 5.75 Å². The molecule has 34 heavy (non-hydrogen) atoms. The van der Waals surface area contributed by atoms with Gasteiger partial charge in [0.15, 0.2) is 18.0 Å². The Labute approximate surface area is 193 Å². The van der Waals surface area contributed by atoms with Gasteiger partial charge in [0.2, 0.25) is 5.95 Å². The molecule has 2 bridgehead atoms. The third-order valence-corrected chi connectivity index (χ3v) is 7.13. The largest absolute Gasteiger partial charge is 0.480 e. The van der Waals surface area contributed by atoms with Crippen LogP contribution in [0.1, 0.15) is 24.2 Å². The van der Waals surface area contributed by atoms with Crippen LogP contribution in [0.15, 0.2) is 18.2 Å². The van der Waals surface area contributed by atoms with E-state index in [9.17, 15) is 26.3 Å². The SMILES string of the molecule is Cc1cc(N2CC3CC[C@@H](C2)C3Nc2nc3c(OCC(F)(F)F)ccc(C(F)(F)F)n3n2)sn1. The van der Waals surface area contributed by atoms with Gasteiger partial charge in [-0.1, -0.05) is 0 Å². The zero-order valence-electron chi connectivity index (χ0n) is 17.8. The third kappa shape index (κ3) is 4.46. The number of hydrogen-bond donors (Lipinski definition) is 1. The van der Waals surface area contributed by atoms with Gasteiger partial charge in [-0.05, 0) is 61.3 Å². The van der Waals surface area contributed by atoms with Crippen molar-refractivity contribution in [2.75, 3.05) is 29.9 Å². The zero-order valence-corrected chi connectivity index (χ0v) is 18.6. The van der Waals surface area contributed by atoms with Crippen molar-refractivity contribution in [2.24, 2.45) is 11.8 Å². The minimum Gasteiger partial charge on any atom is -0.480 e. The Kier molecular flexibility index (Phi) is 5.52. The Hall–Kier alpha value is -2.77. The van der Waals surface area contributed by atoms with Gasteiger partial charge < -0.3 is 15.0 Å². The second-order valence-corrected chi connectivity index (χ2v) is 9.42. The summed E-state index contributed by atoms with van der Waals surface area (Å²) in [5.41, 5.74) is -0.627. The molecule has 0 aromatic carbocycles. The lowest BCUT2D eigenvalue weighted by Crippen LogP contribution is -2.48. The monoisotopic (exact) mass is 506 g/mol. The van der Waals surface area contributed by atoms with Gasteiger partial charge in [0.1, 0.15) is 10.7 Å². The first-order valence-corrected chi connectivity index (χ1v) is 11.4. The molecule has 2 aliphatic rings. The summed E-state index contributed by atoms with van der Waals surface area (Å²) >= 11 is 1.43. The second kappa shape index (κ2) is 8.17. The molecule has 0 amide bonds. The molecule has 14 heteroatoms. The van der Waals surface area contributed by atoms with E-state index >= 15 is 0 Å². The van der Waals surface area contributed by atoms with E-state index in [4.69, 9.17) is 4.74 Å². The number of nitrogens with zero attached hydrogens (tertiary/aromatic N) is 5. The summed E-state index contributed by atoms with van der Waals surface area (Å²) in [6.45, 7) is 1.80. The van der Waals surface area contributed by atoms with Crippen LogP contribution >= 0.6 is 11.5 Å². The molecular weight excluding hydrogens is 486 g/mol. The number of fused-ring (bicyclic) bond motifs is 3. The quantitative estimate of drug-likeness (QED) is 0.503. The Bertz CT molecular complexity index is 1180. The standard InChI is InChI=1S/C20H20F6N6OS/c1-10-6-15(34-30-10)31-7-11-2-3-12(8-31)16(11)27-18-28-17-13(33-9-19(21,22)23)4-5-14(20(24,25)26)32(17)29-18/h4-6,11-12,16H,2-3,7-9H2,1H3,(H,27,29)/t11-,12?,16?/m0/s1. The van der Waals surface area contributed by atoms with Gasteiger partial charge in [0.25, 0.3) is 0 Å². The van der Waals surface area contributed by atoms with Crippen molar-refractivity contribution in [3.63, 3.8) is 0 Å². The number of aromatic nitrogens is 4. The lowest BCUT2D eigenvalue weighted by Gasteiger charge is -2.38. The number of hydrogen-bond acceptors (Lipinski definition) is 7. The first-order chi connectivity index (χ1) is 16.0. The van der Waals surface area contributed by atoms with E-state index in [1.165, 1.54) is 11.5 Å². The van der Waals surface area contributed by atoms with E-state index < -0.39 is 36.1 Å². The second-order valence-electron chi connectivity index (χ2n) is 8.63. The highest BCUT2D eigenvalue weighted by molar-refractivity contribution is 7.10. The molecule has 1 aliphatic carbocycles. The molecule has 1 saturated carbocycles. The van der Waals surface area contributed by atoms with Gasteiger partial charge >= 0.3 is 12.4 Å². The minimum atomic E-state index is -4.77. The molecule has 2 unspecified atom stereocenters. The summed E-state index contributed by atoms with van der Waals surface area (Å²) in [7, 11) is 0. The normalized spacial score (nSPS) is 23.0. The molecule has 4 heterocycles. The molecule has 0 radical (unpaired) electrons. The molecule has 5 rings (SSSR count). The smallest absolute Gasteiger partial charge is 0.433 e. The van der Waals surface area contributed by atoms with Crippen molar-refractivity contribution >= 4 is 28.1 Å². The summed E-state index contributed by atoms with van der Waals surface area (Å²) in [5, 5.41) is 8.19. The molecule has 3 aromatic rings. The lowest BCUT2D eigenvalue weighted by atomic mass is 9.92. The number of ether oxygens (including phenoxy) is 1. The van der Waals surface area contributed by atoms with Crippen LogP contribution in [-0.2, 0) is 6.18 Å². The number of alkyl halides is 6. The van der Waals surface area contributed by atoms with E-state index in [-0.39, 0.29) is 23.8 Å². The average molecular weight is 506 g/mol. The molecule has 0 spiro atoms. The molecule has 2 fully saturated rings. The van der Waals surface area contributed by atoms with Crippen LogP contribution < -0.4 is 15.0 Å². The number of piperidine rings is 1. The fourth-order valence-corrected chi connectivity index (χ4v) is 5.55. The first-order valence-electron chi connectivity index (χ1n) is 10.6. The summed E-state index contributed by atoms with van der Waals surface area (Å²) < 4.78 is 87.8. The van der Waals surface area contributed by atoms with Crippen molar-refractivity contribution in [1.29, 1.82) is 0 Å². The van der Waals surface area contributed by atoms with Crippen LogP contribution in [0.25, 0.3) is 5.65 Å². The average Bonchev–Trinajstić information content (AvgIpc) is 3.41. The predicted octanol–water partition coefficient (Wildman–Crippen LogP) is 4.78. The number of nitrogens with one attached hydrogen (secondary N) is 1. The number of halogens is 6. The fourth-order valence-electron chi connectivity index (χ4n) is 4.77. The molecule has 3 atom stereocenters. The lowest BCUT2D eigenvalue weighted by molar-refractivity contribution is -0.153. The maximum Gasteiger partial charge on any atom is 0.433 e. The number of aryl methyl sites for hydroxylation is 1. The Morgan fingerprint density at radius 1 is 1.12 bits per heavy atom. The topological polar surface area (TPSA) is 67.6 Å². The maximum atomic E-state index is 13.5. The molecule has 7 nitrogen and oxygen atoms in total. The van der Waals surface area contributed by atoms with Crippen LogP contribution in [0.3, 0.4) is 0 Å². The zero-order chi connectivity index (χ0) is 24.3. The summed E-state index contributed by atoms with van der Waals surface area (Å²) in [4.78, 5) is 6.36. The van der Waals surface area contributed by atoms with E-state index in [0.717, 1.165) is 42.7 Å².